The number of rotatable bonds is 2. The van der Waals surface area contributed by atoms with Crippen molar-refractivity contribution in [2.75, 3.05) is 5.73 Å². The maximum Gasteiger partial charge on any atom is 0.223 e. The second-order valence-corrected chi connectivity index (χ2v) is 3.94. The minimum absolute atomic E-state index is 0.125. The van der Waals surface area contributed by atoms with E-state index in [1.807, 2.05) is 0 Å². The van der Waals surface area contributed by atoms with Crippen molar-refractivity contribution >= 4 is 17.5 Å². The Kier molecular flexibility index (Phi) is 3.19. The topological polar surface area (TPSA) is 64.7 Å². The second-order valence-electron chi connectivity index (χ2n) is 3.53. The van der Waals surface area contributed by atoms with Crippen molar-refractivity contribution in [1.29, 1.82) is 0 Å². The van der Waals surface area contributed by atoms with E-state index in [0.717, 1.165) is 0 Å². The maximum absolute atomic E-state index is 13.6. The molecule has 88 valence electrons. The largest absolute Gasteiger partial charge is 0.368 e. The van der Waals surface area contributed by atoms with E-state index in [9.17, 15) is 4.39 Å². The Bertz CT molecular complexity index is 519. The number of nitrogen functional groups attached to an aromatic ring is 1. The molecule has 6 heteroatoms. The summed E-state index contributed by atoms with van der Waals surface area (Å²) in [5.74, 6) is 0.649. The summed E-state index contributed by atoms with van der Waals surface area (Å²) in [4.78, 5) is 11.9. The molecule has 17 heavy (non-hydrogen) atoms. The Balaban J connectivity index is 2.38. The van der Waals surface area contributed by atoms with Gasteiger partial charge in [0.25, 0.3) is 0 Å². The standard InChI is InChI=1S/C11H10ClFN4/c1-6-15-10(17-11(14)16-6)5-7-8(12)3-2-4-9(7)13/h2-4H,5H2,1H3,(H2,14,15,16,17). The molecule has 4 nitrogen and oxygen atoms in total. The molecule has 0 aliphatic rings. The number of benzene rings is 1. The fourth-order valence-electron chi connectivity index (χ4n) is 1.50. The Morgan fingerprint density at radius 2 is 2.06 bits per heavy atom. The van der Waals surface area contributed by atoms with Crippen LogP contribution in [0.3, 0.4) is 0 Å². The van der Waals surface area contributed by atoms with E-state index in [0.29, 0.717) is 22.2 Å². The summed E-state index contributed by atoms with van der Waals surface area (Å²) in [6.45, 7) is 1.70. The molecule has 0 atom stereocenters. The zero-order valence-corrected chi connectivity index (χ0v) is 9.87. The molecule has 1 aromatic carbocycles. The van der Waals surface area contributed by atoms with E-state index in [-0.39, 0.29) is 18.2 Å². The normalized spacial score (nSPS) is 10.5. The molecule has 0 bridgehead atoms. The van der Waals surface area contributed by atoms with Gasteiger partial charge < -0.3 is 5.73 Å². The van der Waals surface area contributed by atoms with Crippen LogP contribution in [0.15, 0.2) is 18.2 Å². The number of aromatic nitrogens is 3. The van der Waals surface area contributed by atoms with E-state index >= 15 is 0 Å². The van der Waals surface area contributed by atoms with Crippen LogP contribution in [-0.2, 0) is 6.42 Å². The Morgan fingerprint density at radius 3 is 2.71 bits per heavy atom. The number of hydrogen-bond acceptors (Lipinski definition) is 4. The van der Waals surface area contributed by atoms with Crippen LogP contribution in [0.2, 0.25) is 5.02 Å². The lowest BCUT2D eigenvalue weighted by atomic mass is 10.1. The van der Waals surface area contributed by atoms with Crippen molar-refractivity contribution in [2.24, 2.45) is 0 Å². The average Bonchev–Trinajstić information content (AvgIpc) is 2.22. The third-order valence-electron chi connectivity index (χ3n) is 2.21. The first-order valence-corrected chi connectivity index (χ1v) is 5.34. The van der Waals surface area contributed by atoms with Gasteiger partial charge in [-0.15, -0.1) is 0 Å². The van der Waals surface area contributed by atoms with Crippen LogP contribution >= 0.6 is 11.6 Å². The van der Waals surface area contributed by atoms with Crippen LogP contribution in [0.25, 0.3) is 0 Å². The summed E-state index contributed by atoms with van der Waals surface area (Å²) in [5, 5.41) is 0.349. The van der Waals surface area contributed by atoms with Gasteiger partial charge in [-0.25, -0.2) is 9.37 Å². The molecule has 0 saturated carbocycles. The first-order valence-electron chi connectivity index (χ1n) is 4.96. The SMILES string of the molecule is Cc1nc(N)nc(Cc2c(F)cccc2Cl)n1. The fourth-order valence-corrected chi connectivity index (χ4v) is 1.73. The van der Waals surface area contributed by atoms with Crippen LogP contribution in [0.1, 0.15) is 17.2 Å². The van der Waals surface area contributed by atoms with Gasteiger partial charge in [0.1, 0.15) is 17.5 Å². The van der Waals surface area contributed by atoms with Crippen molar-refractivity contribution in [3.05, 3.63) is 46.3 Å². The Labute approximate surface area is 103 Å². The van der Waals surface area contributed by atoms with Crippen molar-refractivity contribution in [2.45, 2.75) is 13.3 Å². The number of nitrogens with zero attached hydrogens (tertiary/aromatic N) is 3. The lowest BCUT2D eigenvalue weighted by molar-refractivity contribution is 0.612. The fraction of sp³-hybridized carbons (Fsp3) is 0.182. The van der Waals surface area contributed by atoms with Gasteiger partial charge in [-0.1, -0.05) is 17.7 Å². The van der Waals surface area contributed by atoms with E-state index < -0.39 is 0 Å². The average molecular weight is 253 g/mol. The molecule has 0 radical (unpaired) electrons. The summed E-state index contributed by atoms with van der Waals surface area (Å²) >= 11 is 5.92. The molecule has 2 aromatic rings. The number of hydrogen-bond donors (Lipinski definition) is 1. The zero-order valence-electron chi connectivity index (χ0n) is 9.11. The molecule has 0 saturated heterocycles. The number of nitrogens with two attached hydrogens (primary N) is 1. The van der Waals surface area contributed by atoms with Crippen LogP contribution in [0.4, 0.5) is 10.3 Å². The minimum Gasteiger partial charge on any atom is -0.368 e. The second kappa shape index (κ2) is 4.63. The molecule has 0 fully saturated rings. The Morgan fingerprint density at radius 1 is 1.29 bits per heavy atom. The summed E-state index contributed by atoms with van der Waals surface area (Å²) in [6.07, 6.45) is 0.194. The van der Waals surface area contributed by atoms with Gasteiger partial charge in [-0.05, 0) is 19.1 Å². The van der Waals surface area contributed by atoms with Gasteiger partial charge in [0.15, 0.2) is 0 Å². The summed E-state index contributed by atoms with van der Waals surface area (Å²) < 4.78 is 13.6. The molecule has 0 aliphatic carbocycles. The van der Waals surface area contributed by atoms with Gasteiger partial charge in [0.2, 0.25) is 5.95 Å². The molecule has 1 heterocycles. The summed E-state index contributed by atoms with van der Waals surface area (Å²) in [5.41, 5.74) is 5.86. The molecule has 0 spiro atoms. The molecule has 2 N–H and O–H groups in total. The van der Waals surface area contributed by atoms with Crippen molar-refractivity contribution in [3.63, 3.8) is 0 Å². The summed E-state index contributed by atoms with van der Waals surface area (Å²) in [6, 6.07) is 4.52. The number of aryl methyl sites for hydroxylation is 1. The molecular weight excluding hydrogens is 243 g/mol. The van der Waals surface area contributed by atoms with Crippen LogP contribution in [0.5, 0.6) is 0 Å². The molecular formula is C11H10ClFN4. The lowest BCUT2D eigenvalue weighted by Crippen LogP contribution is -2.06. The highest BCUT2D eigenvalue weighted by atomic mass is 35.5. The van der Waals surface area contributed by atoms with E-state index in [1.165, 1.54) is 6.07 Å². The quantitative estimate of drug-likeness (QED) is 0.889. The van der Waals surface area contributed by atoms with Crippen LogP contribution in [0, 0.1) is 12.7 Å². The van der Waals surface area contributed by atoms with E-state index in [2.05, 4.69) is 15.0 Å². The van der Waals surface area contributed by atoms with Crippen molar-refractivity contribution in [1.82, 2.24) is 15.0 Å². The molecule has 2 rings (SSSR count). The number of anilines is 1. The van der Waals surface area contributed by atoms with E-state index in [4.69, 9.17) is 17.3 Å². The maximum atomic E-state index is 13.6. The van der Waals surface area contributed by atoms with Crippen molar-refractivity contribution in [3.8, 4) is 0 Å². The monoisotopic (exact) mass is 252 g/mol. The smallest absolute Gasteiger partial charge is 0.223 e. The Hall–Kier alpha value is -1.75. The first kappa shape index (κ1) is 11.7. The summed E-state index contributed by atoms with van der Waals surface area (Å²) in [7, 11) is 0. The molecule has 1 aromatic heterocycles. The van der Waals surface area contributed by atoms with Crippen LogP contribution in [-0.4, -0.2) is 15.0 Å². The highest BCUT2D eigenvalue weighted by Gasteiger charge is 2.10. The van der Waals surface area contributed by atoms with Gasteiger partial charge in [0.05, 0.1) is 0 Å². The minimum atomic E-state index is -0.380. The highest BCUT2D eigenvalue weighted by molar-refractivity contribution is 6.31. The molecule has 0 unspecified atom stereocenters. The van der Waals surface area contributed by atoms with Crippen LogP contribution < -0.4 is 5.73 Å². The van der Waals surface area contributed by atoms with Gasteiger partial charge in [-0.3, -0.25) is 0 Å². The molecule has 0 amide bonds. The molecule has 0 aliphatic heterocycles. The predicted molar refractivity (Wildman–Crippen MR) is 63.2 cm³/mol. The first-order chi connectivity index (χ1) is 8.06. The highest BCUT2D eigenvalue weighted by Crippen LogP contribution is 2.21. The third kappa shape index (κ3) is 2.68. The zero-order chi connectivity index (χ0) is 12.4. The van der Waals surface area contributed by atoms with Gasteiger partial charge in [0, 0.05) is 17.0 Å². The number of halogens is 2. The van der Waals surface area contributed by atoms with E-state index in [1.54, 1.807) is 19.1 Å². The van der Waals surface area contributed by atoms with Gasteiger partial charge >= 0.3 is 0 Å². The van der Waals surface area contributed by atoms with Gasteiger partial charge in [-0.2, -0.15) is 9.97 Å². The predicted octanol–water partition coefficient (Wildman–Crippen LogP) is 2.15. The lowest BCUT2D eigenvalue weighted by Gasteiger charge is -2.05. The third-order valence-corrected chi connectivity index (χ3v) is 2.56. The van der Waals surface area contributed by atoms with Crippen molar-refractivity contribution < 1.29 is 4.39 Å².